The Labute approximate surface area is 96.3 Å². The van der Waals surface area contributed by atoms with Crippen LogP contribution in [0.25, 0.3) is 0 Å². The van der Waals surface area contributed by atoms with Crippen molar-refractivity contribution in [3.05, 3.63) is 12.7 Å². The number of rotatable bonds is 8. The molecule has 0 aromatic carbocycles. The summed E-state index contributed by atoms with van der Waals surface area (Å²) in [4.78, 5) is 22.1. The minimum atomic E-state index is -0.942. The van der Waals surface area contributed by atoms with Crippen LogP contribution >= 0.6 is 0 Å². The third kappa shape index (κ3) is 6.22. The third-order valence-electron chi connectivity index (χ3n) is 2.22. The Kier molecular flexibility index (Phi) is 7.25. The summed E-state index contributed by atoms with van der Waals surface area (Å²) >= 11 is 0. The normalized spacial score (nSPS) is 13.9. The largest absolute Gasteiger partial charge is 0.481 e. The third-order valence-corrected chi connectivity index (χ3v) is 2.22. The lowest BCUT2D eigenvalue weighted by Crippen LogP contribution is -2.25. The molecule has 0 rings (SSSR count). The van der Waals surface area contributed by atoms with Crippen molar-refractivity contribution in [1.82, 2.24) is 0 Å². The SMILES string of the molecule is C=CC[C@H](C)C(=O)O[C@H](CCC)CC(=O)O. The lowest BCUT2D eigenvalue weighted by atomic mass is 10.1. The lowest BCUT2D eigenvalue weighted by Gasteiger charge is -2.17. The number of carboxylic acid groups (broad SMARTS) is 1. The second kappa shape index (κ2) is 7.91. The monoisotopic (exact) mass is 228 g/mol. The number of hydrogen-bond acceptors (Lipinski definition) is 3. The zero-order valence-electron chi connectivity index (χ0n) is 9.94. The number of carbonyl (C=O) groups is 2. The fraction of sp³-hybridized carbons (Fsp3) is 0.667. The molecule has 0 saturated carbocycles. The highest BCUT2D eigenvalue weighted by Gasteiger charge is 2.20. The first-order chi connectivity index (χ1) is 7.51. The van der Waals surface area contributed by atoms with Crippen molar-refractivity contribution in [1.29, 1.82) is 0 Å². The molecule has 4 nitrogen and oxygen atoms in total. The van der Waals surface area contributed by atoms with Crippen molar-refractivity contribution in [3.63, 3.8) is 0 Å². The highest BCUT2D eigenvalue weighted by molar-refractivity contribution is 5.73. The minimum Gasteiger partial charge on any atom is -0.481 e. The molecule has 0 fully saturated rings. The maximum absolute atomic E-state index is 11.5. The zero-order valence-corrected chi connectivity index (χ0v) is 9.94. The van der Waals surface area contributed by atoms with Crippen LogP contribution in [0.2, 0.25) is 0 Å². The molecule has 0 aliphatic rings. The molecule has 0 heterocycles. The summed E-state index contributed by atoms with van der Waals surface area (Å²) in [6.07, 6.45) is 2.94. The van der Waals surface area contributed by atoms with E-state index < -0.39 is 12.1 Å². The van der Waals surface area contributed by atoms with E-state index in [2.05, 4.69) is 6.58 Å². The van der Waals surface area contributed by atoms with Crippen LogP contribution in [-0.2, 0) is 14.3 Å². The molecule has 0 aromatic rings. The number of carboxylic acids is 1. The highest BCUT2D eigenvalue weighted by atomic mass is 16.5. The molecule has 0 unspecified atom stereocenters. The molecular weight excluding hydrogens is 208 g/mol. The van der Waals surface area contributed by atoms with Gasteiger partial charge in [-0.05, 0) is 12.8 Å². The van der Waals surface area contributed by atoms with Gasteiger partial charge in [0.05, 0.1) is 12.3 Å². The van der Waals surface area contributed by atoms with Gasteiger partial charge in [0.15, 0.2) is 0 Å². The Morgan fingerprint density at radius 2 is 2.12 bits per heavy atom. The van der Waals surface area contributed by atoms with E-state index in [0.29, 0.717) is 12.8 Å². The first kappa shape index (κ1) is 14.7. The van der Waals surface area contributed by atoms with Crippen molar-refractivity contribution < 1.29 is 19.4 Å². The average molecular weight is 228 g/mol. The molecule has 16 heavy (non-hydrogen) atoms. The van der Waals surface area contributed by atoms with E-state index >= 15 is 0 Å². The second-order valence-corrected chi connectivity index (χ2v) is 3.87. The van der Waals surface area contributed by atoms with Gasteiger partial charge in [0.1, 0.15) is 6.10 Å². The van der Waals surface area contributed by atoms with Gasteiger partial charge < -0.3 is 9.84 Å². The molecule has 0 spiro atoms. The van der Waals surface area contributed by atoms with Crippen molar-refractivity contribution in [3.8, 4) is 0 Å². The van der Waals surface area contributed by atoms with E-state index in [0.717, 1.165) is 6.42 Å². The summed E-state index contributed by atoms with van der Waals surface area (Å²) in [5, 5.41) is 8.66. The molecule has 92 valence electrons. The summed E-state index contributed by atoms with van der Waals surface area (Å²) in [5.74, 6) is -1.55. The van der Waals surface area contributed by atoms with Crippen LogP contribution in [0, 0.1) is 5.92 Å². The molecule has 0 radical (unpaired) electrons. The standard InChI is InChI=1S/C12H20O4/c1-4-6-9(3)12(15)16-10(7-5-2)8-11(13)14/h4,9-10H,1,5-8H2,2-3H3,(H,13,14)/t9-,10+/m0/s1. The highest BCUT2D eigenvalue weighted by Crippen LogP contribution is 2.12. The van der Waals surface area contributed by atoms with Crippen molar-refractivity contribution >= 4 is 11.9 Å². The quantitative estimate of drug-likeness (QED) is 0.511. The summed E-state index contributed by atoms with van der Waals surface area (Å²) in [6.45, 7) is 7.22. The Bertz CT molecular complexity index is 247. The molecule has 0 saturated heterocycles. The van der Waals surface area contributed by atoms with Crippen molar-refractivity contribution in [2.24, 2.45) is 5.92 Å². The van der Waals surface area contributed by atoms with Gasteiger partial charge in [0, 0.05) is 0 Å². The Balaban J connectivity index is 4.21. The molecule has 0 aromatic heterocycles. The van der Waals surface area contributed by atoms with Crippen LogP contribution in [0.5, 0.6) is 0 Å². The Morgan fingerprint density at radius 3 is 2.56 bits per heavy atom. The van der Waals surface area contributed by atoms with Crippen molar-refractivity contribution in [2.75, 3.05) is 0 Å². The van der Waals surface area contributed by atoms with Gasteiger partial charge >= 0.3 is 11.9 Å². The first-order valence-corrected chi connectivity index (χ1v) is 5.54. The average Bonchev–Trinajstić information content (AvgIpc) is 2.17. The number of carbonyl (C=O) groups excluding carboxylic acids is 1. The van der Waals surface area contributed by atoms with Gasteiger partial charge in [0.25, 0.3) is 0 Å². The fourth-order valence-electron chi connectivity index (χ4n) is 1.35. The number of hydrogen-bond donors (Lipinski definition) is 1. The summed E-state index contributed by atoms with van der Waals surface area (Å²) in [5.41, 5.74) is 0. The molecule has 0 bridgehead atoms. The first-order valence-electron chi connectivity index (χ1n) is 5.54. The van der Waals surface area contributed by atoms with Crippen molar-refractivity contribution in [2.45, 2.75) is 45.6 Å². The van der Waals surface area contributed by atoms with Crippen LogP contribution in [0.4, 0.5) is 0 Å². The smallest absolute Gasteiger partial charge is 0.309 e. The van der Waals surface area contributed by atoms with Crippen LogP contribution in [0.15, 0.2) is 12.7 Å². The lowest BCUT2D eigenvalue weighted by molar-refractivity contribution is -0.156. The van der Waals surface area contributed by atoms with Crippen LogP contribution in [0.1, 0.15) is 39.5 Å². The number of ether oxygens (including phenoxy) is 1. The van der Waals surface area contributed by atoms with Crippen LogP contribution in [0.3, 0.4) is 0 Å². The van der Waals surface area contributed by atoms with E-state index in [9.17, 15) is 9.59 Å². The second-order valence-electron chi connectivity index (χ2n) is 3.87. The van der Waals surface area contributed by atoms with E-state index in [1.807, 2.05) is 6.92 Å². The number of allylic oxidation sites excluding steroid dienone is 1. The molecule has 4 heteroatoms. The van der Waals surface area contributed by atoms with Gasteiger partial charge in [-0.15, -0.1) is 6.58 Å². The predicted octanol–water partition coefficient (Wildman–Crippen LogP) is 2.39. The molecule has 2 atom stereocenters. The zero-order chi connectivity index (χ0) is 12.6. The molecule has 0 aliphatic carbocycles. The van der Waals surface area contributed by atoms with Gasteiger partial charge in [-0.3, -0.25) is 9.59 Å². The van der Waals surface area contributed by atoms with Crippen LogP contribution < -0.4 is 0 Å². The summed E-state index contributed by atoms with van der Waals surface area (Å²) in [7, 11) is 0. The van der Waals surface area contributed by atoms with Gasteiger partial charge in [-0.1, -0.05) is 26.3 Å². The van der Waals surface area contributed by atoms with Gasteiger partial charge in [-0.2, -0.15) is 0 Å². The number of esters is 1. The predicted molar refractivity (Wildman–Crippen MR) is 61.0 cm³/mol. The summed E-state index contributed by atoms with van der Waals surface area (Å²) < 4.78 is 5.15. The Morgan fingerprint density at radius 1 is 1.50 bits per heavy atom. The van der Waals surface area contributed by atoms with Gasteiger partial charge in [-0.25, -0.2) is 0 Å². The summed E-state index contributed by atoms with van der Waals surface area (Å²) in [6, 6.07) is 0. The molecule has 1 N–H and O–H groups in total. The maximum atomic E-state index is 11.5. The fourth-order valence-corrected chi connectivity index (χ4v) is 1.35. The van der Waals surface area contributed by atoms with E-state index in [-0.39, 0.29) is 18.3 Å². The molecular formula is C12H20O4. The van der Waals surface area contributed by atoms with E-state index in [1.54, 1.807) is 13.0 Å². The topological polar surface area (TPSA) is 63.6 Å². The van der Waals surface area contributed by atoms with Crippen LogP contribution in [-0.4, -0.2) is 23.1 Å². The van der Waals surface area contributed by atoms with E-state index in [4.69, 9.17) is 9.84 Å². The van der Waals surface area contributed by atoms with Gasteiger partial charge in [0.2, 0.25) is 0 Å². The minimum absolute atomic E-state index is 0.125. The van der Waals surface area contributed by atoms with E-state index in [1.165, 1.54) is 0 Å². The Hall–Kier alpha value is -1.32. The number of aliphatic carboxylic acids is 1. The maximum Gasteiger partial charge on any atom is 0.309 e. The molecule has 0 amide bonds. The molecule has 0 aliphatic heterocycles.